The number of allylic oxidation sites excluding steroid dienone is 2. The van der Waals surface area contributed by atoms with E-state index in [0.717, 1.165) is 4.47 Å². The summed E-state index contributed by atoms with van der Waals surface area (Å²) < 4.78 is 2.34. The Bertz CT molecular complexity index is 531. The maximum Gasteiger partial charge on any atom is 0.123 e. The largest absolute Gasteiger partial charge is 0.359 e. The van der Waals surface area contributed by atoms with Crippen molar-refractivity contribution in [2.24, 2.45) is 0 Å². The van der Waals surface area contributed by atoms with Crippen LogP contribution in [0.2, 0.25) is 0 Å². The second-order valence-electron chi connectivity index (χ2n) is 3.90. The predicted octanol–water partition coefficient (Wildman–Crippen LogP) is 3.83. The topological polar surface area (TPSA) is 15.3 Å². The summed E-state index contributed by atoms with van der Waals surface area (Å²) in [7, 11) is 0. The number of rotatable bonds is 1. The molecule has 0 bridgehead atoms. The van der Waals surface area contributed by atoms with Gasteiger partial charge < -0.3 is 10.2 Å². The Labute approximate surface area is 122 Å². The lowest BCUT2D eigenvalue weighted by atomic mass is 10.2. The zero-order chi connectivity index (χ0) is 11.8. The Balaban J connectivity index is 1.99. The highest BCUT2D eigenvalue weighted by Crippen LogP contribution is 2.34. The molecule has 17 heavy (non-hydrogen) atoms. The maximum atomic E-state index is 3.52. The molecule has 4 heteroatoms. The van der Waals surface area contributed by atoms with Gasteiger partial charge in [-0.25, -0.2) is 0 Å². The summed E-state index contributed by atoms with van der Waals surface area (Å²) in [5.41, 5.74) is 2.41. The average molecular weight is 401 g/mol. The highest BCUT2D eigenvalue weighted by molar-refractivity contribution is 14.1. The standard InChI is InChI=1S/C13H10BrIN2/c14-10-6-4-9(5-7-10)12-13(15)17-8-2-1-3-11(17)16-12/h1-8,11,16H. The zero-order valence-electron chi connectivity index (χ0n) is 8.90. The fourth-order valence-electron chi connectivity index (χ4n) is 1.96. The minimum absolute atomic E-state index is 0.255. The molecule has 1 N–H and O–H groups in total. The molecular formula is C13H10BrIN2. The van der Waals surface area contributed by atoms with Crippen LogP contribution in [0.3, 0.4) is 0 Å². The first-order valence-electron chi connectivity index (χ1n) is 5.31. The van der Waals surface area contributed by atoms with Gasteiger partial charge in [0.2, 0.25) is 0 Å². The summed E-state index contributed by atoms with van der Waals surface area (Å²) >= 11 is 5.85. The van der Waals surface area contributed by atoms with Crippen molar-refractivity contribution in [3.8, 4) is 0 Å². The van der Waals surface area contributed by atoms with Gasteiger partial charge in [0.15, 0.2) is 0 Å². The quantitative estimate of drug-likeness (QED) is 0.569. The number of hydrogen-bond acceptors (Lipinski definition) is 2. The van der Waals surface area contributed by atoms with E-state index in [9.17, 15) is 0 Å². The minimum atomic E-state index is 0.255. The molecule has 1 atom stereocenters. The number of fused-ring (bicyclic) bond motifs is 1. The van der Waals surface area contributed by atoms with E-state index < -0.39 is 0 Å². The van der Waals surface area contributed by atoms with E-state index in [1.54, 1.807) is 0 Å². The van der Waals surface area contributed by atoms with Crippen LogP contribution in [0.5, 0.6) is 0 Å². The zero-order valence-corrected chi connectivity index (χ0v) is 12.6. The van der Waals surface area contributed by atoms with Crippen molar-refractivity contribution in [2.75, 3.05) is 0 Å². The van der Waals surface area contributed by atoms with Gasteiger partial charge in [0, 0.05) is 16.2 Å². The minimum Gasteiger partial charge on any atom is -0.359 e. The van der Waals surface area contributed by atoms with E-state index in [2.05, 4.69) is 97.4 Å². The Morgan fingerprint density at radius 3 is 2.65 bits per heavy atom. The fraction of sp³-hybridized carbons (Fsp3) is 0.0769. The molecule has 0 amide bonds. The van der Waals surface area contributed by atoms with Gasteiger partial charge in [0.05, 0.1) is 5.70 Å². The molecule has 86 valence electrons. The van der Waals surface area contributed by atoms with Gasteiger partial charge in [0.1, 0.15) is 9.87 Å². The number of nitrogens with zero attached hydrogens (tertiary/aromatic N) is 1. The molecule has 2 heterocycles. The Hall–Kier alpha value is -0.750. The van der Waals surface area contributed by atoms with Crippen LogP contribution in [0.4, 0.5) is 0 Å². The van der Waals surface area contributed by atoms with Crippen LogP contribution < -0.4 is 5.32 Å². The van der Waals surface area contributed by atoms with Crippen LogP contribution in [0.1, 0.15) is 5.56 Å². The number of nitrogens with one attached hydrogen (secondary N) is 1. The summed E-state index contributed by atoms with van der Waals surface area (Å²) in [5.74, 6) is 0. The molecular weight excluding hydrogens is 391 g/mol. The smallest absolute Gasteiger partial charge is 0.123 e. The van der Waals surface area contributed by atoms with Gasteiger partial charge in [-0.3, -0.25) is 0 Å². The molecule has 0 saturated heterocycles. The van der Waals surface area contributed by atoms with Crippen LogP contribution in [0.25, 0.3) is 5.70 Å². The lowest BCUT2D eigenvalue weighted by molar-refractivity contribution is 0.424. The molecule has 0 spiro atoms. The number of halogens is 2. The van der Waals surface area contributed by atoms with E-state index in [1.165, 1.54) is 15.0 Å². The maximum absolute atomic E-state index is 3.52. The van der Waals surface area contributed by atoms with Crippen molar-refractivity contribution in [3.05, 3.63) is 62.4 Å². The summed E-state index contributed by atoms with van der Waals surface area (Å²) in [6.45, 7) is 0. The van der Waals surface area contributed by atoms with Crippen molar-refractivity contribution in [1.29, 1.82) is 0 Å². The summed E-state index contributed by atoms with van der Waals surface area (Å²) in [6, 6.07) is 8.38. The molecule has 0 aromatic heterocycles. The molecule has 2 nitrogen and oxygen atoms in total. The predicted molar refractivity (Wildman–Crippen MR) is 82.1 cm³/mol. The van der Waals surface area contributed by atoms with Gasteiger partial charge in [-0.2, -0.15) is 0 Å². The van der Waals surface area contributed by atoms with E-state index in [4.69, 9.17) is 0 Å². The Morgan fingerprint density at radius 2 is 1.94 bits per heavy atom. The second-order valence-corrected chi connectivity index (χ2v) is 5.83. The van der Waals surface area contributed by atoms with Crippen LogP contribution in [0.15, 0.2) is 56.9 Å². The number of benzene rings is 1. The highest BCUT2D eigenvalue weighted by Gasteiger charge is 2.28. The molecule has 1 aromatic rings. The molecule has 0 aliphatic carbocycles. The van der Waals surface area contributed by atoms with Gasteiger partial charge >= 0.3 is 0 Å². The third kappa shape index (κ3) is 2.04. The van der Waals surface area contributed by atoms with Gasteiger partial charge in [-0.05, 0) is 46.9 Å². The molecule has 1 aromatic carbocycles. The van der Waals surface area contributed by atoms with Crippen LogP contribution >= 0.6 is 38.5 Å². The molecule has 0 radical (unpaired) electrons. The summed E-state index contributed by atoms with van der Waals surface area (Å²) in [6.07, 6.45) is 8.64. The normalized spacial score (nSPS) is 21.8. The van der Waals surface area contributed by atoms with Crippen LogP contribution in [-0.4, -0.2) is 11.1 Å². The van der Waals surface area contributed by atoms with Crippen molar-refractivity contribution < 1.29 is 0 Å². The first-order valence-corrected chi connectivity index (χ1v) is 7.18. The molecule has 1 unspecified atom stereocenters. The average Bonchev–Trinajstić information content (AvgIpc) is 2.69. The van der Waals surface area contributed by atoms with Crippen LogP contribution in [-0.2, 0) is 0 Å². The van der Waals surface area contributed by atoms with E-state index in [1.807, 2.05) is 0 Å². The molecule has 2 aliphatic rings. The highest BCUT2D eigenvalue weighted by atomic mass is 127. The lowest BCUT2D eigenvalue weighted by Gasteiger charge is -2.22. The summed E-state index contributed by atoms with van der Waals surface area (Å²) in [5, 5.41) is 3.52. The molecule has 2 aliphatic heterocycles. The van der Waals surface area contributed by atoms with Crippen molar-refractivity contribution in [2.45, 2.75) is 6.17 Å². The fourth-order valence-corrected chi connectivity index (χ4v) is 3.15. The third-order valence-electron chi connectivity index (χ3n) is 2.81. The van der Waals surface area contributed by atoms with E-state index in [-0.39, 0.29) is 6.17 Å². The first kappa shape index (κ1) is 11.3. The van der Waals surface area contributed by atoms with Crippen molar-refractivity contribution in [1.82, 2.24) is 10.2 Å². The van der Waals surface area contributed by atoms with E-state index >= 15 is 0 Å². The Morgan fingerprint density at radius 1 is 1.18 bits per heavy atom. The SMILES string of the molecule is Brc1ccc(C2=C(I)N3C=CC=CC3N2)cc1. The second kappa shape index (κ2) is 4.49. The van der Waals surface area contributed by atoms with E-state index in [0.29, 0.717) is 0 Å². The van der Waals surface area contributed by atoms with Crippen LogP contribution in [0, 0.1) is 0 Å². The monoisotopic (exact) mass is 400 g/mol. The van der Waals surface area contributed by atoms with Gasteiger partial charge in [-0.15, -0.1) is 0 Å². The lowest BCUT2D eigenvalue weighted by Crippen LogP contribution is -2.32. The van der Waals surface area contributed by atoms with Gasteiger partial charge in [0.25, 0.3) is 0 Å². The Kier molecular flexibility index (Phi) is 3.00. The first-order chi connectivity index (χ1) is 8.25. The van der Waals surface area contributed by atoms with Gasteiger partial charge in [-0.1, -0.05) is 34.1 Å². The summed E-state index contributed by atoms with van der Waals surface area (Å²) in [4.78, 5) is 2.23. The van der Waals surface area contributed by atoms with Crippen molar-refractivity contribution in [3.63, 3.8) is 0 Å². The third-order valence-corrected chi connectivity index (χ3v) is 4.43. The molecule has 3 rings (SSSR count). The van der Waals surface area contributed by atoms with Crippen molar-refractivity contribution >= 4 is 44.2 Å². The molecule has 0 fully saturated rings. The molecule has 0 saturated carbocycles. The number of hydrogen-bond donors (Lipinski definition) is 1.